The van der Waals surface area contributed by atoms with Gasteiger partial charge in [-0.2, -0.15) is 0 Å². The van der Waals surface area contributed by atoms with E-state index in [4.69, 9.17) is 9.72 Å². The number of aryl methyl sites for hydroxylation is 1. The summed E-state index contributed by atoms with van der Waals surface area (Å²) >= 11 is 0. The number of fused-ring (bicyclic) bond motifs is 1. The van der Waals surface area contributed by atoms with Crippen LogP contribution in [-0.4, -0.2) is 33.4 Å². The lowest BCUT2D eigenvalue weighted by Gasteiger charge is -2.32. The van der Waals surface area contributed by atoms with E-state index in [-0.39, 0.29) is 17.7 Å². The van der Waals surface area contributed by atoms with Gasteiger partial charge in [-0.25, -0.2) is 18.1 Å². The second kappa shape index (κ2) is 11.5. The molecular formula is C31H30N4O6S2. The van der Waals surface area contributed by atoms with E-state index >= 15 is 0 Å². The minimum Gasteiger partial charge on any atom is -0.457 e. The Bertz CT molecular complexity index is 1890. The number of rotatable bonds is 9. The van der Waals surface area contributed by atoms with E-state index < -0.39 is 38.0 Å². The number of amides is 1. The molecule has 0 saturated carbocycles. The second-order valence-corrected chi connectivity index (χ2v) is 14.1. The SMILES string of the molecule is Cc1ccc2nc([C@H](Cc3ccc(C4CC(=O)NS4(O)O)cc3)NS(=O)(=O)c3cccc(Oc4ccccc4)c3)[nH]c2c1. The molecule has 0 spiro atoms. The first-order valence-electron chi connectivity index (χ1n) is 13.5. The Morgan fingerprint density at radius 1 is 0.977 bits per heavy atom. The maximum Gasteiger partial charge on any atom is 0.241 e. The molecule has 6 rings (SSSR count). The van der Waals surface area contributed by atoms with Gasteiger partial charge in [0.25, 0.3) is 0 Å². The molecule has 1 aliphatic heterocycles. The normalized spacial score (nSPS) is 17.8. The summed E-state index contributed by atoms with van der Waals surface area (Å²) in [4.78, 5) is 19.8. The van der Waals surface area contributed by atoms with E-state index in [0.717, 1.165) is 16.6 Å². The average molecular weight is 619 g/mol. The summed E-state index contributed by atoms with van der Waals surface area (Å²) in [5.74, 6) is 1.00. The minimum absolute atomic E-state index is 0.0183. The second-order valence-electron chi connectivity index (χ2n) is 10.5. The Hall–Kier alpha value is -4.20. The van der Waals surface area contributed by atoms with Crippen LogP contribution in [0.25, 0.3) is 11.0 Å². The zero-order valence-electron chi connectivity index (χ0n) is 23.1. The summed E-state index contributed by atoms with van der Waals surface area (Å²) in [5, 5.41) is -0.743. The van der Waals surface area contributed by atoms with Crippen LogP contribution in [0.1, 0.15) is 40.2 Å². The number of aromatic nitrogens is 2. The van der Waals surface area contributed by atoms with Crippen LogP contribution in [0.2, 0.25) is 0 Å². The molecule has 1 aliphatic rings. The molecule has 0 aliphatic carbocycles. The van der Waals surface area contributed by atoms with Crippen LogP contribution in [0.5, 0.6) is 11.5 Å². The molecule has 5 N–H and O–H groups in total. The Morgan fingerprint density at radius 3 is 2.44 bits per heavy atom. The Labute approximate surface area is 250 Å². The zero-order valence-corrected chi connectivity index (χ0v) is 24.7. The highest BCUT2D eigenvalue weighted by Crippen LogP contribution is 2.56. The Kier molecular flexibility index (Phi) is 7.71. The fraction of sp³-hybridized carbons (Fsp3) is 0.161. The Balaban J connectivity index is 1.29. The molecule has 1 amide bonds. The van der Waals surface area contributed by atoms with E-state index in [1.165, 1.54) is 12.1 Å². The van der Waals surface area contributed by atoms with Crippen molar-refractivity contribution in [3.63, 3.8) is 0 Å². The molecule has 0 radical (unpaired) electrons. The minimum atomic E-state index is -4.03. The first-order chi connectivity index (χ1) is 20.6. The number of ether oxygens (including phenoxy) is 1. The van der Waals surface area contributed by atoms with Gasteiger partial charge >= 0.3 is 0 Å². The monoisotopic (exact) mass is 618 g/mol. The van der Waals surface area contributed by atoms with Crippen molar-refractivity contribution in [1.82, 2.24) is 19.4 Å². The van der Waals surface area contributed by atoms with Gasteiger partial charge in [0.1, 0.15) is 22.6 Å². The van der Waals surface area contributed by atoms with Crippen LogP contribution in [-0.2, 0) is 21.2 Å². The largest absolute Gasteiger partial charge is 0.457 e. The maximum absolute atomic E-state index is 13.7. The summed E-state index contributed by atoms with van der Waals surface area (Å²) < 4.78 is 58.9. The number of carbonyl (C=O) groups is 1. The highest BCUT2D eigenvalue weighted by atomic mass is 32.3. The molecule has 1 aromatic heterocycles. The van der Waals surface area contributed by atoms with Gasteiger partial charge in [0.15, 0.2) is 0 Å². The number of carbonyl (C=O) groups excluding carboxylic acids is 1. The van der Waals surface area contributed by atoms with Crippen molar-refractivity contribution in [1.29, 1.82) is 0 Å². The van der Waals surface area contributed by atoms with Crippen molar-refractivity contribution < 1.29 is 27.1 Å². The predicted octanol–water partition coefficient (Wildman–Crippen LogP) is 6.15. The summed E-state index contributed by atoms with van der Waals surface area (Å²) in [6, 6.07) is 27.4. The van der Waals surface area contributed by atoms with Crippen LogP contribution < -0.4 is 14.2 Å². The van der Waals surface area contributed by atoms with Crippen LogP contribution >= 0.6 is 10.8 Å². The molecule has 2 atom stereocenters. The van der Waals surface area contributed by atoms with Gasteiger partial charge in [0.2, 0.25) is 15.9 Å². The van der Waals surface area contributed by atoms with Crippen molar-refractivity contribution in [2.75, 3.05) is 0 Å². The quantitative estimate of drug-likeness (QED) is 0.133. The molecule has 12 heteroatoms. The van der Waals surface area contributed by atoms with Crippen LogP contribution in [0, 0.1) is 6.92 Å². The van der Waals surface area contributed by atoms with Gasteiger partial charge in [-0.05, 0) is 66.4 Å². The van der Waals surface area contributed by atoms with Gasteiger partial charge in [-0.15, -0.1) is 10.8 Å². The number of benzene rings is 4. The van der Waals surface area contributed by atoms with Crippen LogP contribution in [0.3, 0.4) is 0 Å². The molecule has 1 unspecified atom stereocenters. The van der Waals surface area contributed by atoms with Crippen molar-refractivity contribution in [3.05, 3.63) is 120 Å². The number of H-pyrrole nitrogens is 1. The summed E-state index contributed by atoms with van der Waals surface area (Å²) in [6.07, 6.45) is 0.228. The van der Waals surface area contributed by atoms with Gasteiger partial charge in [0, 0.05) is 6.07 Å². The zero-order chi connectivity index (χ0) is 30.2. The predicted molar refractivity (Wildman–Crippen MR) is 165 cm³/mol. The third-order valence-corrected chi connectivity index (χ3v) is 10.4. The molecule has 2 heterocycles. The van der Waals surface area contributed by atoms with Gasteiger partial charge in [-0.1, -0.05) is 54.6 Å². The number of para-hydroxylation sites is 1. The van der Waals surface area contributed by atoms with Crippen LogP contribution in [0.4, 0.5) is 0 Å². The number of hydrogen-bond donors (Lipinski definition) is 5. The molecule has 222 valence electrons. The standard InChI is InChI=1S/C31H30N4O6S2/c1-20-10-15-26-27(16-20)33-31(32-26)28(17-21-11-13-22(14-12-21)29-19-30(36)35-43(29,39)40)34-42(37,38)25-9-5-8-24(18-25)41-23-6-3-2-4-7-23/h2-16,18,28-29,34,39-40H,17,19H2,1H3,(H,32,33)(H,35,36)/t28-,29?/m0/s1. The third-order valence-electron chi connectivity index (χ3n) is 7.20. The highest BCUT2D eigenvalue weighted by molar-refractivity contribution is 8.23. The lowest BCUT2D eigenvalue weighted by molar-refractivity contribution is -0.118. The number of aromatic amines is 1. The maximum atomic E-state index is 13.7. The molecular weight excluding hydrogens is 588 g/mol. The lowest BCUT2D eigenvalue weighted by Crippen LogP contribution is -2.31. The first kappa shape index (κ1) is 28.9. The van der Waals surface area contributed by atoms with Gasteiger partial charge in [0.05, 0.1) is 28.4 Å². The van der Waals surface area contributed by atoms with Crippen molar-refractivity contribution in [3.8, 4) is 11.5 Å². The number of nitrogens with zero attached hydrogens (tertiary/aromatic N) is 1. The van der Waals surface area contributed by atoms with Crippen LogP contribution in [0.15, 0.2) is 102 Å². The molecule has 1 saturated heterocycles. The first-order valence-corrected chi connectivity index (χ1v) is 16.6. The summed E-state index contributed by atoms with van der Waals surface area (Å²) in [7, 11) is -7.31. The van der Waals surface area contributed by atoms with E-state index in [9.17, 15) is 22.3 Å². The summed E-state index contributed by atoms with van der Waals surface area (Å²) in [6.45, 7) is 1.97. The smallest absolute Gasteiger partial charge is 0.241 e. The van der Waals surface area contributed by atoms with Gasteiger partial charge in [-0.3, -0.25) is 18.6 Å². The fourth-order valence-electron chi connectivity index (χ4n) is 5.06. The molecule has 10 nitrogen and oxygen atoms in total. The molecule has 43 heavy (non-hydrogen) atoms. The van der Waals surface area contributed by atoms with Crippen molar-refractivity contribution >= 4 is 37.7 Å². The third kappa shape index (κ3) is 6.43. The Morgan fingerprint density at radius 2 is 1.72 bits per heavy atom. The number of nitrogens with one attached hydrogen (secondary N) is 3. The topological polar surface area (TPSA) is 154 Å². The number of hydrogen-bond acceptors (Lipinski definition) is 7. The van der Waals surface area contributed by atoms with Gasteiger partial charge < -0.3 is 9.72 Å². The highest BCUT2D eigenvalue weighted by Gasteiger charge is 2.38. The number of sulfonamides is 1. The van der Waals surface area contributed by atoms with E-state index in [0.29, 0.717) is 28.4 Å². The molecule has 4 aromatic carbocycles. The van der Waals surface area contributed by atoms with E-state index in [1.807, 2.05) is 43.3 Å². The number of imidazole rings is 1. The fourth-order valence-corrected chi connectivity index (χ4v) is 7.78. The molecule has 0 bridgehead atoms. The molecule has 5 aromatic rings. The van der Waals surface area contributed by atoms with E-state index in [2.05, 4.69) is 14.4 Å². The average Bonchev–Trinajstić information content (AvgIpc) is 3.52. The van der Waals surface area contributed by atoms with Crippen molar-refractivity contribution in [2.45, 2.75) is 36.0 Å². The van der Waals surface area contributed by atoms with Crippen molar-refractivity contribution in [2.24, 2.45) is 0 Å². The van der Waals surface area contributed by atoms with E-state index in [1.54, 1.807) is 48.5 Å². The molecule has 1 fully saturated rings. The summed E-state index contributed by atoms with van der Waals surface area (Å²) in [5.41, 5.74) is 3.92. The lowest BCUT2D eigenvalue weighted by atomic mass is 10.0.